The summed E-state index contributed by atoms with van der Waals surface area (Å²) in [5.74, 6) is -0.418. The number of hydrogen-bond acceptors (Lipinski definition) is 3. The number of amides is 2. The Labute approximate surface area is 107 Å². The van der Waals surface area contributed by atoms with Crippen LogP contribution in [0.4, 0.5) is 5.69 Å². The van der Waals surface area contributed by atoms with E-state index in [1.807, 2.05) is 6.92 Å². The van der Waals surface area contributed by atoms with Crippen molar-refractivity contribution < 1.29 is 9.59 Å². The molecule has 0 fully saturated rings. The molecule has 0 spiro atoms. The number of nitrogens with zero attached hydrogens (tertiary/aromatic N) is 1. The van der Waals surface area contributed by atoms with Crippen molar-refractivity contribution in [3.8, 4) is 0 Å². The van der Waals surface area contributed by atoms with Crippen LogP contribution >= 0.6 is 0 Å². The van der Waals surface area contributed by atoms with Crippen molar-refractivity contribution in [2.24, 2.45) is 5.41 Å². The first-order chi connectivity index (χ1) is 8.21. The molecule has 1 aromatic heterocycles. The summed E-state index contributed by atoms with van der Waals surface area (Å²) in [6.07, 6.45) is 0. The topological polar surface area (TPSA) is 86.9 Å². The molecule has 0 atom stereocenters. The number of anilines is 1. The van der Waals surface area contributed by atoms with Crippen molar-refractivity contribution in [2.45, 2.75) is 34.6 Å². The van der Waals surface area contributed by atoms with Crippen LogP contribution in [0.1, 0.15) is 32.2 Å². The minimum Gasteiger partial charge on any atom is -0.347 e. The maximum absolute atomic E-state index is 11.7. The van der Waals surface area contributed by atoms with Gasteiger partial charge in [0.1, 0.15) is 0 Å². The summed E-state index contributed by atoms with van der Waals surface area (Å²) in [4.78, 5) is 23.3. The molecule has 0 bridgehead atoms. The monoisotopic (exact) mass is 252 g/mol. The van der Waals surface area contributed by atoms with Crippen LogP contribution in [0.3, 0.4) is 0 Å². The smallest absolute Gasteiger partial charge is 0.243 e. The summed E-state index contributed by atoms with van der Waals surface area (Å²) in [7, 11) is 0. The van der Waals surface area contributed by atoms with Gasteiger partial charge in [0.15, 0.2) is 0 Å². The van der Waals surface area contributed by atoms with Gasteiger partial charge in [-0.25, -0.2) is 0 Å². The van der Waals surface area contributed by atoms with Gasteiger partial charge in [-0.3, -0.25) is 14.7 Å². The molecule has 0 saturated carbocycles. The molecule has 100 valence electrons. The van der Waals surface area contributed by atoms with Crippen molar-refractivity contribution in [3.05, 3.63) is 11.4 Å². The van der Waals surface area contributed by atoms with E-state index in [1.165, 1.54) is 0 Å². The standard InChI is InChI=1S/C12H20N4O2/c1-7-10(8(2)16-15-7)14-9(17)6-13-11(18)12(3,4)5/h6H2,1-5H3,(H,13,18)(H,14,17)(H,15,16). The van der Waals surface area contributed by atoms with Crippen LogP contribution < -0.4 is 10.6 Å². The zero-order valence-electron chi connectivity index (χ0n) is 11.5. The van der Waals surface area contributed by atoms with Crippen LogP contribution in [-0.2, 0) is 9.59 Å². The summed E-state index contributed by atoms with van der Waals surface area (Å²) in [6.45, 7) is 8.97. The highest BCUT2D eigenvalue weighted by atomic mass is 16.2. The second-order valence-electron chi connectivity index (χ2n) is 5.29. The fraction of sp³-hybridized carbons (Fsp3) is 0.583. The van der Waals surface area contributed by atoms with E-state index in [1.54, 1.807) is 27.7 Å². The number of nitrogens with one attached hydrogen (secondary N) is 3. The third-order valence-electron chi connectivity index (χ3n) is 2.48. The van der Waals surface area contributed by atoms with Gasteiger partial charge in [-0.15, -0.1) is 0 Å². The van der Waals surface area contributed by atoms with Crippen molar-refractivity contribution in [2.75, 3.05) is 11.9 Å². The molecule has 0 radical (unpaired) electrons. The zero-order chi connectivity index (χ0) is 13.9. The fourth-order valence-electron chi connectivity index (χ4n) is 1.34. The Bertz CT molecular complexity index is 438. The molecule has 6 heteroatoms. The van der Waals surface area contributed by atoms with Crippen molar-refractivity contribution >= 4 is 17.5 Å². The highest BCUT2D eigenvalue weighted by Crippen LogP contribution is 2.15. The molecule has 1 heterocycles. The lowest BCUT2D eigenvalue weighted by Crippen LogP contribution is -2.39. The molecular formula is C12H20N4O2. The van der Waals surface area contributed by atoms with Gasteiger partial charge in [-0.05, 0) is 13.8 Å². The van der Waals surface area contributed by atoms with Crippen LogP contribution in [0.2, 0.25) is 0 Å². The van der Waals surface area contributed by atoms with Crippen LogP contribution in [-0.4, -0.2) is 28.6 Å². The number of aromatic nitrogens is 2. The van der Waals surface area contributed by atoms with E-state index >= 15 is 0 Å². The lowest BCUT2D eigenvalue weighted by atomic mass is 9.96. The van der Waals surface area contributed by atoms with E-state index in [4.69, 9.17) is 0 Å². The predicted molar refractivity (Wildman–Crippen MR) is 69.2 cm³/mol. The SMILES string of the molecule is Cc1n[nH]c(C)c1NC(=O)CNC(=O)C(C)(C)C. The molecule has 0 aromatic carbocycles. The van der Waals surface area contributed by atoms with Crippen molar-refractivity contribution in [3.63, 3.8) is 0 Å². The summed E-state index contributed by atoms with van der Waals surface area (Å²) >= 11 is 0. The Morgan fingerprint density at radius 2 is 1.89 bits per heavy atom. The van der Waals surface area contributed by atoms with Gasteiger partial charge in [0.05, 0.1) is 23.6 Å². The minimum atomic E-state index is -0.498. The molecule has 0 aliphatic rings. The normalized spacial score (nSPS) is 11.2. The molecule has 18 heavy (non-hydrogen) atoms. The number of aromatic amines is 1. The maximum Gasteiger partial charge on any atom is 0.243 e. The Hall–Kier alpha value is -1.85. The Kier molecular flexibility index (Phi) is 4.11. The van der Waals surface area contributed by atoms with Gasteiger partial charge < -0.3 is 10.6 Å². The number of carbonyl (C=O) groups is 2. The molecular weight excluding hydrogens is 232 g/mol. The van der Waals surface area contributed by atoms with Gasteiger partial charge in [0.25, 0.3) is 0 Å². The number of rotatable bonds is 3. The van der Waals surface area contributed by atoms with E-state index in [9.17, 15) is 9.59 Å². The first-order valence-corrected chi connectivity index (χ1v) is 5.81. The second-order valence-corrected chi connectivity index (χ2v) is 5.29. The summed E-state index contributed by atoms with van der Waals surface area (Å²) in [6, 6.07) is 0. The third kappa shape index (κ3) is 3.58. The highest BCUT2D eigenvalue weighted by Gasteiger charge is 2.21. The summed E-state index contributed by atoms with van der Waals surface area (Å²) in [5, 5.41) is 12.1. The third-order valence-corrected chi connectivity index (χ3v) is 2.48. The molecule has 2 amide bonds. The van der Waals surface area contributed by atoms with E-state index in [0.717, 1.165) is 11.4 Å². The first kappa shape index (κ1) is 14.2. The Morgan fingerprint density at radius 1 is 1.28 bits per heavy atom. The average Bonchev–Trinajstić information content (AvgIpc) is 2.56. The second kappa shape index (κ2) is 5.20. The van der Waals surface area contributed by atoms with Crippen molar-refractivity contribution in [1.29, 1.82) is 0 Å². The minimum absolute atomic E-state index is 0.0415. The molecule has 0 saturated heterocycles. The molecule has 1 rings (SSSR count). The van der Waals surface area contributed by atoms with Crippen LogP contribution in [0, 0.1) is 19.3 Å². The number of aryl methyl sites for hydroxylation is 2. The lowest BCUT2D eigenvalue weighted by Gasteiger charge is -2.17. The quantitative estimate of drug-likeness (QED) is 0.753. The zero-order valence-corrected chi connectivity index (χ0v) is 11.5. The maximum atomic E-state index is 11.7. The largest absolute Gasteiger partial charge is 0.347 e. The van der Waals surface area contributed by atoms with E-state index in [-0.39, 0.29) is 18.4 Å². The summed E-state index contributed by atoms with van der Waals surface area (Å²) < 4.78 is 0. The van der Waals surface area contributed by atoms with Crippen LogP contribution in [0.15, 0.2) is 0 Å². The van der Waals surface area contributed by atoms with E-state index in [0.29, 0.717) is 5.69 Å². The van der Waals surface area contributed by atoms with Crippen LogP contribution in [0.25, 0.3) is 0 Å². The number of H-pyrrole nitrogens is 1. The molecule has 3 N–H and O–H groups in total. The van der Waals surface area contributed by atoms with E-state index in [2.05, 4.69) is 20.8 Å². The molecule has 0 aliphatic carbocycles. The lowest BCUT2D eigenvalue weighted by molar-refractivity contribution is -0.130. The van der Waals surface area contributed by atoms with Gasteiger partial charge in [0, 0.05) is 5.41 Å². The van der Waals surface area contributed by atoms with Crippen molar-refractivity contribution in [1.82, 2.24) is 15.5 Å². The molecule has 0 unspecified atom stereocenters. The fourth-order valence-corrected chi connectivity index (χ4v) is 1.34. The van der Waals surface area contributed by atoms with Gasteiger partial charge in [-0.1, -0.05) is 20.8 Å². The molecule has 6 nitrogen and oxygen atoms in total. The van der Waals surface area contributed by atoms with Gasteiger partial charge in [-0.2, -0.15) is 5.10 Å². The van der Waals surface area contributed by atoms with Gasteiger partial charge >= 0.3 is 0 Å². The Balaban J connectivity index is 2.51. The average molecular weight is 252 g/mol. The number of carbonyl (C=O) groups excluding carboxylic acids is 2. The molecule has 0 aliphatic heterocycles. The van der Waals surface area contributed by atoms with E-state index < -0.39 is 5.41 Å². The molecule has 1 aromatic rings. The summed E-state index contributed by atoms with van der Waals surface area (Å²) in [5.41, 5.74) is 1.69. The predicted octanol–water partition coefficient (Wildman–Crippen LogP) is 1.13. The van der Waals surface area contributed by atoms with Gasteiger partial charge in [0.2, 0.25) is 11.8 Å². The van der Waals surface area contributed by atoms with Crippen LogP contribution in [0.5, 0.6) is 0 Å². The first-order valence-electron chi connectivity index (χ1n) is 5.81. The number of hydrogen-bond donors (Lipinski definition) is 3. The highest BCUT2D eigenvalue weighted by molar-refractivity contribution is 5.95. The Morgan fingerprint density at radius 3 is 2.33 bits per heavy atom.